The number of nitrogens with zero attached hydrogens (tertiary/aromatic N) is 1. The van der Waals surface area contributed by atoms with Gasteiger partial charge in [-0.1, -0.05) is 84.0 Å². The second-order valence-corrected chi connectivity index (χ2v) is 10.4. The van der Waals surface area contributed by atoms with Crippen molar-refractivity contribution >= 4 is 35.8 Å². The summed E-state index contributed by atoms with van der Waals surface area (Å²) >= 11 is 0. The molecule has 0 aromatic rings. The molecule has 0 radical (unpaired) electrons. The Kier molecular flexibility index (Phi) is 24.3. The number of carbonyl (C=O) groups is 5. The van der Waals surface area contributed by atoms with E-state index in [1.54, 1.807) is 0 Å². The summed E-state index contributed by atoms with van der Waals surface area (Å²) < 4.78 is 4.61. The quantitative estimate of drug-likeness (QED) is 0.0314. The smallest absolute Gasteiger partial charge is 0.348 e. The second-order valence-electron chi connectivity index (χ2n) is 10.4. The topological polar surface area (TPSA) is 286 Å². The fraction of sp³-hybridized carbons (Fsp3) is 0.786. The van der Waals surface area contributed by atoms with Crippen LogP contribution in [0.25, 0.3) is 0 Å². The fourth-order valence-corrected chi connectivity index (χ4v) is 3.98. The maximum Gasteiger partial charge on any atom is 0.348 e. The van der Waals surface area contributed by atoms with Gasteiger partial charge in [-0.15, -0.1) is 0 Å². The molecule has 0 aliphatic carbocycles. The summed E-state index contributed by atoms with van der Waals surface area (Å²) in [5.74, 6) is -7.72. The van der Waals surface area contributed by atoms with E-state index in [2.05, 4.69) is 16.7 Å². The van der Waals surface area contributed by atoms with Gasteiger partial charge in [0.15, 0.2) is 5.96 Å². The van der Waals surface area contributed by atoms with E-state index >= 15 is 0 Å². The molecule has 2 unspecified atom stereocenters. The minimum Gasteiger partial charge on any atom is -0.481 e. The average molecular weight is 621 g/mol. The Morgan fingerprint density at radius 2 is 1.21 bits per heavy atom. The lowest BCUT2D eigenvalue weighted by molar-refractivity contribution is -0.197. The van der Waals surface area contributed by atoms with Crippen molar-refractivity contribution in [2.45, 2.75) is 134 Å². The van der Waals surface area contributed by atoms with Crippen LogP contribution in [0.2, 0.25) is 0 Å². The monoisotopic (exact) mass is 620 g/mol. The van der Waals surface area contributed by atoms with Gasteiger partial charge in [0.1, 0.15) is 6.04 Å². The number of carboxylic acids is 4. The maximum atomic E-state index is 11.9. The molecule has 0 saturated heterocycles. The summed E-state index contributed by atoms with van der Waals surface area (Å²) in [4.78, 5) is 59.0. The standard InChI is InChI=1S/C22H38O9.C6H14N4O2/c1-2-3-4-5-6-7-8-9-10-11-12-13-14-15-18(25)31-19(20(26)27)22(30,21(28)29)16-17(23)24;7-4(5(11)12)2-1-3-10-6(8)9/h19,30H,2-16H2,1H3,(H,23,24)(H,26,27)(H,28,29);4H,1-3,7H2,(H,11,12)(H4,8,9,10)/t;4-/m.0/s1. The first kappa shape index (κ1) is 41.7. The first-order valence-electron chi connectivity index (χ1n) is 14.8. The maximum absolute atomic E-state index is 11.9. The molecule has 0 aromatic carbocycles. The van der Waals surface area contributed by atoms with Gasteiger partial charge in [-0.3, -0.25) is 19.4 Å². The van der Waals surface area contributed by atoms with Gasteiger partial charge in [0.05, 0.1) is 6.42 Å². The van der Waals surface area contributed by atoms with Crippen LogP contribution in [0.3, 0.4) is 0 Å². The Morgan fingerprint density at radius 1 is 0.744 bits per heavy atom. The minimum atomic E-state index is -3.25. The van der Waals surface area contributed by atoms with Gasteiger partial charge >= 0.3 is 29.8 Å². The van der Waals surface area contributed by atoms with Crippen molar-refractivity contribution in [3.05, 3.63) is 0 Å². The number of aliphatic imine (C=N–C) groups is 1. The Balaban J connectivity index is 0. The summed E-state index contributed by atoms with van der Waals surface area (Å²) in [6.45, 7) is 2.63. The lowest BCUT2D eigenvalue weighted by atomic mass is 9.92. The highest BCUT2D eigenvalue weighted by molar-refractivity contribution is 5.92. The molecule has 0 aliphatic rings. The van der Waals surface area contributed by atoms with E-state index < -0.39 is 54.0 Å². The zero-order valence-corrected chi connectivity index (χ0v) is 25.2. The highest BCUT2D eigenvalue weighted by Crippen LogP contribution is 2.21. The molecule has 0 aromatic heterocycles. The van der Waals surface area contributed by atoms with Crippen molar-refractivity contribution in [3.8, 4) is 0 Å². The molecule has 43 heavy (non-hydrogen) atoms. The molecular weight excluding hydrogens is 568 g/mol. The Bertz CT molecular complexity index is 866. The van der Waals surface area contributed by atoms with Crippen molar-refractivity contribution in [2.75, 3.05) is 6.54 Å². The number of guanidine groups is 1. The van der Waals surface area contributed by atoms with E-state index in [1.807, 2.05) is 0 Å². The number of aliphatic carboxylic acids is 4. The number of carbonyl (C=O) groups excluding carboxylic acids is 1. The highest BCUT2D eigenvalue weighted by atomic mass is 16.6. The van der Waals surface area contributed by atoms with Crippen molar-refractivity contribution in [2.24, 2.45) is 22.2 Å². The van der Waals surface area contributed by atoms with Gasteiger partial charge in [-0.05, 0) is 19.3 Å². The first-order chi connectivity index (χ1) is 20.2. The van der Waals surface area contributed by atoms with Crippen LogP contribution in [0.4, 0.5) is 0 Å². The SMILES string of the molecule is CCCCCCCCCCCCCCCC(=O)OC(C(=O)O)C(O)(CC(=O)O)C(=O)O.NC(N)=NCCC[C@H](N)C(=O)O. The number of hydrogen-bond acceptors (Lipinski definition) is 9. The lowest BCUT2D eigenvalue weighted by Crippen LogP contribution is -2.56. The molecule has 0 fully saturated rings. The third kappa shape index (κ3) is 22.8. The lowest BCUT2D eigenvalue weighted by Gasteiger charge is -2.27. The molecule has 250 valence electrons. The molecule has 11 N–H and O–H groups in total. The predicted octanol–water partition coefficient (Wildman–Crippen LogP) is 2.21. The molecule has 0 saturated carbocycles. The third-order valence-electron chi connectivity index (χ3n) is 6.47. The van der Waals surface area contributed by atoms with E-state index in [1.165, 1.54) is 51.4 Å². The highest BCUT2D eigenvalue weighted by Gasteiger charge is 2.53. The summed E-state index contributed by atoms with van der Waals surface area (Å²) in [5, 5.41) is 45.3. The summed E-state index contributed by atoms with van der Waals surface area (Å²) in [7, 11) is 0. The van der Waals surface area contributed by atoms with Crippen LogP contribution in [0.5, 0.6) is 0 Å². The normalized spacial score (nSPS) is 13.4. The number of nitrogens with two attached hydrogens (primary N) is 3. The Morgan fingerprint density at radius 3 is 1.58 bits per heavy atom. The van der Waals surface area contributed by atoms with Crippen LogP contribution in [0.1, 0.15) is 116 Å². The largest absolute Gasteiger partial charge is 0.481 e. The van der Waals surface area contributed by atoms with Gasteiger partial charge in [0, 0.05) is 13.0 Å². The van der Waals surface area contributed by atoms with E-state index in [-0.39, 0.29) is 12.4 Å². The molecule has 3 atom stereocenters. The zero-order valence-electron chi connectivity index (χ0n) is 25.2. The van der Waals surface area contributed by atoms with Crippen molar-refractivity contribution < 1.29 is 54.2 Å². The molecule has 0 amide bonds. The van der Waals surface area contributed by atoms with Crippen molar-refractivity contribution in [1.29, 1.82) is 0 Å². The minimum absolute atomic E-state index is 0.0129. The number of aliphatic hydroxyl groups is 1. The van der Waals surface area contributed by atoms with Crippen LogP contribution < -0.4 is 17.2 Å². The van der Waals surface area contributed by atoms with Crippen LogP contribution in [0.15, 0.2) is 4.99 Å². The average Bonchev–Trinajstić information content (AvgIpc) is 2.91. The molecule has 0 bridgehead atoms. The summed E-state index contributed by atoms with van der Waals surface area (Å²) in [6, 6.07) is -0.820. The first-order valence-corrected chi connectivity index (χ1v) is 14.8. The fourth-order valence-electron chi connectivity index (χ4n) is 3.98. The Labute approximate surface area is 252 Å². The van der Waals surface area contributed by atoms with E-state index in [0.717, 1.165) is 25.7 Å². The number of esters is 1. The van der Waals surface area contributed by atoms with Crippen LogP contribution in [0, 0.1) is 0 Å². The van der Waals surface area contributed by atoms with Crippen LogP contribution in [-0.2, 0) is 28.7 Å². The van der Waals surface area contributed by atoms with Crippen molar-refractivity contribution in [1.82, 2.24) is 0 Å². The van der Waals surface area contributed by atoms with E-state index in [4.69, 9.17) is 37.6 Å². The van der Waals surface area contributed by atoms with Gasteiger partial charge < -0.3 is 47.5 Å². The number of rotatable bonds is 25. The zero-order chi connectivity index (χ0) is 33.3. The second kappa shape index (κ2) is 25.1. The summed E-state index contributed by atoms with van der Waals surface area (Å²) in [6.07, 6.45) is 11.4. The number of ether oxygens (including phenoxy) is 1. The van der Waals surface area contributed by atoms with Gasteiger partial charge in [0.25, 0.3) is 0 Å². The summed E-state index contributed by atoms with van der Waals surface area (Å²) in [5.41, 5.74) is 12.1. The molecule has 0 spiro atoms. The molecule has 0 rings (SSSR count). The Hall–Kier alpha value is -3.46. The number of hydrogen-bond donors (Lipinski definition) is 8. The molecule has 15 heteroatoms. The number of unbranched alkanes of at least 4 members (excludes halogenated alkanes) is 12. The van der Waals surface area contributed by atoms with Crippen LogP contribution >= 0.6 is 0 Å². The van der Waals surface area contributed by atoms with Gasteiger partial charge in [-0.2, -0.15) is 0 Å². The molecule has 0 heterocycles. The van der Waals surface area contributed by atoms with E-state index in [0.29, 0.717) is 25.8 Å². The van der Waals surface area contributed by atoms with E-state index in [9.17, 15) is 29.1 Å². The molecular formula is C28H52N4O11. The van der Waals surface area contributed by atoms with Crippen LogP contribution in [-0.4, -0.2) is 85.6 Å². The third-order valence-corrected chi connectivity index (χ3v) is 6.47. The van der Waals surface area contributed by atoms with Gasteiger partial charge in [0.2, 0.25) is 11.7 Å². The number of carboxylic acid groups (broad SMARTS) is 4. The molecule has 15 nitrogen and oxygen atoms in total. The predicted molar refractivity (Wildman–Crippen MR) is 158 cm³/mol. The van der Waals surface area contributed by atoms with Gasteiger partial charge in [-0.25, -0.2) is 9.59 Å². The molecule has 0 aliphatic heterocycles. The van der Waals surface area contributed by atoms with Crippen molar-refractivity contribution in [3.63, 3.8) is 0 Å².